The van der Waals surface area contributed by atoms with Gasteiger partial charge in [-0.1, -0.05) is 13.8 Å². The van der Waals surface area contributed by atoms with Gasteiger partial charge in [0.1, 0.15) is 0 Å². The number of nitrogens with zero attached hydrogens (tertiary/aromatic N) is 1. The van der Waals surface area contributed by atoms with Crippen molar-refractivity contribution in [2.45, 2.75) is 45.4 Å². The summed E-state index contributed by atoms with van der Waals surface area (Å²) in [5, 5.41) is 9.11. The Kier molecular flexibility index (Phi) is 5.60. The van der Waals surface area contributed by atoms with Gasteiger partial charge in [-0.15, -0.1) is 0 Å². The highest BCUT2D eigenvalue weighted by Crippen LogP contribution is 2.22. The van der Waals surface area contributed by atoms with E-state index in [1.54, 1.807) is 12.1 Å². The van der Waals surface area contributed by atoms with Gasteiger partial charge in [0, 0.05) is 18.2 Å². The van der Waals surface area contributed by atoms with Crippen LogP contribution in [-0.4, -0.2) is 22.9 Å². The quantitative estimate of drug-likeness (QED) is 0.810. The summed E-state index contributed by atoms with van der Waals surface area (Å²) in [6.45, 7) is 3.69. The highest BCUT2D eigenvalue weighted by atomic mass is 19.4. The van der Waals surface area contributed by atoms with E-state index in [0.717, 1.165) is 5.69 Å². The Morgan fingerprint density at radius 2 is 2.00 bits per heavy atom. The lowest BCUT2D eigenvalue weighted by Crippen LogP contribution is -2.10. The summed E-state index contributed by atoms with van der Waals surface area (Å²) in [5.74, 6) is 0.418. The smallest absolute Gasteiger partial charge is 0.389 e. The number of aliphatic hydroxyl groups is 1. The normalized spacial score (nSPS) is 11.9. The van der Waals surface area contributed by atoms with Gasteiger partial charge in [-0.25, -0.2) is 4.98 Å². The number of halogens is 3. The zero-order valence-electron chi connectivity index (χ0n) is 11.0. The molecule has 1 aromatic heterocycles. The van der Waals surface area contributed by atoms with E-state index in [4.69, 9.17) is 9.84 Å². The van der Waals surface area contributed by atoms with Crippen LogP contribution in [0.25, 0.3) is 0 Å². The van der Waals surface area contributed by atoms with Crippen LogP contribution in [0.2, 0.25) is 0 Å². The Bertz CT molecular complexity index is 405. The zero-order chi connectivity index (χ0) is 14.5. The first kappa shape index (κ1) is 15.8. The van der Waals surface area contributed by atoms with Gasteiger partial charge in [-0.05, 0) is 24.0 Å². The molecule has 0 saturated carbocycles. The lowest BCUT2D eigenvalue weighted by atomic mass is 10.1. The van der Waals surface area contributed by atoms with Crippen LogP contribution in [0.4, 0.5) is 13.2 Å². The van der Waals surface area contributed by atoms with Gasteiger partial charge in [0.05, 0.1) is 13.2 Å². The number of hydrogen-bond donors (Lipinski definition) is 1. The zero-order valence-corrected chi connectivity index (χ0v) is 11.0. The summed E-state index contributed by atoms with van der Waals surface area (Å²) in [6.07, 6.45) is -5.14. The minimum atomic E-state index is -4.16. The molecule has 19 heavy (non-hydrogen) atoms. The molecule has 1 heterocycles. The molecule has 0 aromatic carbocycles. The number of alkyl halides is 3. The molecule has 0 fully saturated rings. The van der Waals surface area contributed by atoms with Crippen LogP contribution in [0.3, 0.4) is 0 Å². The number of ether oxygens (including phenoxy) is 1. The van der Waals surface area contributed by atoms with Crippen LogP contribution in [0.5, 0.6) is 5.88 Å². The highest BCUT2D eigenvalue weighted by Gasteiger charge is 2.26. The second-order valence-electron chi connectivity index (χ2n) is 4.62. The summed E-state index contributed by atoms with van der Waals surface area (Å²) >= 11 is 0. The summed E-state index contributed by atoms with van der Waals surface area (Å²) < 4.78 is 41.1. The average Bonchev–Trinajstić information content (AvgIpc) is 2.33. The van der Waals surface area contributed by atoms with E-state index in [1.165, 1.54) is 0 Å². The number of hydrogen-bond acceptors (Lipinski definition) is 3. The Balaban J connectivity index is 2.60. The third-order valence-corrected chi connectivity index (χ3v) is 2.51. The van der Waals surface area contributed by atoms with E-state index in [9.17, 15) is 13.2 Å². The molecular weight excluding hydrogens is 259 g/mol. The van der Waals surface area contributed by atoms with Gasteiger partial charge < -0.3 is 9.84 Å². The molecule has 0 amide bonds. The molecular formula is C13H18F3NO2. The van der Waals surface area contributed by atoms with E-state index < -0.39 is 12.6 Å². The Labute approximate surface area is 110 Å². The Morgan fingerprint density at radius 3 is 2.53 bits per heavy atom. The van der Waals surface area contributed by atoms with Crippen LogP contribution in [0.1, 0.15) is 43.9 Å². The van der Waals surface area contributed by atoms with Gasteiger partial charge in [0.25, 0.3) is 0 Å². The fourth-order valence-corrected chi connectivity index (χ4v) is 1.49. The summed E-state index contributed by atoms with van der Waals surface area (Å²) in [6, 6.07) is 3.30. The van der Waals surface area contributed by atoms with E-state index in [1.807, 2.05) is 13.8 Å². The third kappa shape index (κ3) is 5.92. The maximum Gasteiger partial charge on any atom is 0.389 e. The lowest BCUT2D eigenvalue weighted by Gasteiger charge is -2.11. The Hall–Kier alpha value is -1.30. The number of aromatic nitrogens is 1. The number of aliphatic hydroxyl groups excluding tert-OH is 1. The monoisotopic (exact) mass is 277 g/mol. The van der Waals surface area contributed by atoms with Gasteiger partial charge in [-0.2, -0.15) is 13.2 Å². The summed E-state index contributed by atoms with van der Waals surface area (Å²) in [7, 11) is 0. The van der Waals surface area contributed by atoms with Crippen LogP contribution in [0, 0.1) is 0 Å². The second-order valence-corrected chi connectivity index (χ2v) is 4.62. The molecule has 0 radical (unpaired) electrons. The molecule has 0 saturated heterocycles. The lowest BCUT2D eigenvalue weighted by molar-refractivity contribution is -0.136. The van der Waals surface area contributed by atoms with Crippen molar-refractivity contribution in [1.82, 2.24) is 4.98 Å². The maximum atomic E-state index is 12.0. The van der Waals surface area contributed by atoms with E-state index in [0.29, 0.717) is 5.56 Å². The minimum Gasteiger partial charge on any atom is -0.478 e. The van der Waals surface area contributed by atoms with Crippen molar-refractivity contribution in [2.24, 2.45) is 0 Å². The topological polar surface area (TPSA) is 42.4 Å². The molecule has 0 spiro atoms. The fraction of sp³-hybridized carbons (Fsp3) is 0.615. The first-order valence-electron chi connectivity index (χ1n) is 6.13. The van der Waals surface area contributed by atoms with E-state index in [-0.39, 0.29) is 31.4 Å². The molecule has 0 aliphatic heterocycles. The predicted octanol–water partition coefficient (Wildman–Crippen LogP) is 3.42. The molecule has 0 atom stereocenters. The molecule has 1 aromatic rings. The number of rotatable bonds is 6. The first-order valence-corrected chi connectivity index (χ1v) is 6.13. The molecule has 108 valence electrons. The average molecular weight is 277 g/mol. The van der Waals surface area contributed by atoms with E-state index in [2.05, 4.69) is 4.98 Å². The largest absolute Gasteiger partial charge is 0.478 e. The van der Waals surface area contributed by atoms with Crippen molar-refractivity contribution < 1.29 is 23.0 Å². The molecule has 0 aliphatic carbocycles. The molecule has 0 bridgehead atoms. The van der Waals surface area contributed by atoms with E-state index >= 15 is 0 Å². The Morgan fingerprint density at radius 1 is 1.32 bits per heavy atom. The van der Waals surface area contributed by atoms with Crippen LogP contribution in [0.15, 0.2) is 12.1 Å². The maximum absolute atomic E-state index is 12.0. The highest BCUT2D eigenvalue weighted by molar-refractivity contribution is 5.26. The van der Waals surface area contributed by atoms with Crippen LogP contribution >= 0.6 is 0 Å². The van der Waals surface area contributed by atoms with Crippen LogP contribution < -0.4 is 4.74 Å². The van der Waals surface area contributed by atoms with Crippen molar-refractivity contribution in [1.29, 1.82) is 0 Å². The molecule has 0 aliphatic rings. The molecule has 0 unspecified atom stereocenters. The van der Waals surface area contributed by atoms with Crippen molar-refractivity contribution in [3.05, 3.63) is 23.4 Å². The number of pyridine rings is 1. The SMILES string of the molecule is CC(C)c1cc(CO)cc(OCCCC(F)(F)F)n1. The van der Waals surface area contributed by atoms with Gasteiger partial charge in [-0.3, -0.25) is 0 Å². The molecule has 3 nitrogen and oxygen atoms in total. The minimum absolute atomic E-state index is 0.0427. The van der Waals surface area contributed by atoms with Crippen molar-refractivity contribution >= 4 is 0 Å². The molecule has 1 N–H and O–H groups in total. The first-order chi connectivity index (χ1) is 8.81. The summed E-state index contributed by atoms with van der Waals surface area (Å²) in [4.78, 5) is 4.20. The van der Waals surface area contributed by atoms with Gasteiger partial charge in [0.2, 0.25) is 5.88 Å². The van der Waals surface area contributed by atoms with Crippen molar-refractivity contribution in [3.63, 3.8) is 0 Å². The molecule has 6 heteroatoms. The third-order valence-electron chi connectivity index (χ3n) is 2.51. The predicted molar refractivity (Wildman–Crippen MR) is 65.0 cm³/mol. The second kappa shape index (κ2) is 6.75. The van der Waals surface area contributed by atoms with Gasteiger partial charge >= 0.3 is 6.18 Å². The summed E-state index contributed by atoms with van der Waals surface area (Å²) in [5.41, 5.74) is 1.39. The fourth-order valence-electron chi connectivity index (χ4n) is 1.49. The van der Waals surface area contributed by atoms with Gasteiger partial charge in [0.15, 0.2) is 0 Å². The van der Waals surface area contributed by atoms with Crippen LogP contribution in [-0.2, 0) is 6.61 Å². The van der Waals surface area contributed by atoms with Crippen molar-refractivity contribution in [3.8, 4) is 5.88 Å². The van der Waals surface area contributed by atoms with Crippen molar-refractivity contribution in [2.75, 3.05) is 6.61 Å². The molecule has 1 rings (SSSR count). The standard InChI is InChI=1S/C13H18F3NO2/c1-9(2)11-6-10(8-18)7-12(17-11)19-5-3-4-13(14,15)16/h6-7,9,18H,3-5,8H2,1-2H3.